The normalized spacial score (nSPS) is 11.4. The average molecular weight is 392 g/mol. The highest BCUT2D eigenvalue weighted by molar-refractivity contribution is 5.78. The van der Waals surface area contributed by atoms with E-state index in [-0.39, 0.29) is 17.1 Å². The first-order valence-electron chi connectivity index (χ1n) is 11.0. The fourth-order valence-electron chi connectivity index (χ4n) is 3.22. The molecular weight excluding hydrogens is 346 g/mol. The van der Waals surface area contributed by atoms with Gasteiger partial charge in [-0.1, -0.05) is 96.8 Å². The second-order valence-electron chi connectivity index (χ2n) is 8.33. The zero-order chi connectivity index (χ0) is 18.8. The molecule has 0 aliphatic heterocycles. The number of hydrogen-bond acceptors (Lipinski definition) is 2. The number of ketones is 1. The lowest BCUT2D eigenvalue weighted by Gasteiger charge is -2.18. The summed E-state index contributed by atoms with van der Waals surface area (Å²) in [7, 11) is 3.42. The van der Waals surface area contributed by atoms with Crippen molar-refractivity contribution < 1.29 is 27.1 Å². The number of unbranched alkanes of at least 4 members (excludes halogenated alkanes) is 14. The van der Waals surface area contributed by atoms with E-state index >= 15 is 0 Å². The highest BCUT2D eigenvalue weighted by Gasteiger charge is 2.13. The third-order valence-corrected chi connectivity index (χ3v) is 5.00. The first-order valence-corrected chi connectivity index (χ1v) is 11.0. The van der Waals surface area contributed by atoms with Gasteiger partial charge in [-0.15, -0.1) is 0 Å². The third kappa shape index (κ3) is 23.9. The number of carbonyl (C=O) groups is 1. The van der Waals surface area contributed by atoms with Crippen LogP contribution in [0.3, 0.4) is 0 Å². The summed E-state index contributed by atoms with van der Waals surface area (Å²) in [4.78, 5) is 11.7. The molecule has 4 heteroatoms. The van der Waals surface area contributed by atoms with E-state index in [0.29, 0.717) is 25.2 Å². The smallest absolute Gasteiger partial charge is 0.138 e. The molecule has 26 heavy (non-hydrogen) atoms. The van der Waals surface area contributed by atoms with Crippen molar-refractivity contribution in [1.29, 1.82) is 0 Å². The van der Waals surface area contributed by atoms with E-state index in [0.717, 1.165) is 6.42 Å². The minimum absolute atomic E-state index is 0. The SMILES string of the molecule is CCCCCCCCCCCCCCCCCC(=O)CC[N+](C)(C)O.[Cl-]. The van der Waals surface area contributed by atoms with E-state index in [1.54, 1.807) is 14.1 Å². The lowest BCUT2D eigenvalue weighted by atomic mass is 10.0. The molecule has 0 unspecified atom stereocenters. The summed E-state index contributed by atoms with van der Waals surface area (Å²) in [5, 5.41) is 9.56. The summed E-state index contributed by atoms with van der Waals surface area (Å²) < 4.78 is -0.107. The highest BCUT2D eigenvalue weighted by atomic mass is 35.5. The van der Waals surface area contributed by atoms with Crippen molar-refractivity contribution in [2.75, 3.05) is 20.6 Å². The Morgan fingerprint density at radius 1 is 0.654 bits per heavy atom. The Bertz CT molecular complexity index is 303. The molecule has 0 saturated heterocycles. The van der Waals surface area contributed by atoms with E-state index in [4.69, 9.17) is 0 Å². The van der Waals surface area contributed by atoms with Gasteiger partial charge in [-0.2, -0.15) is 4.65 Å². The number of carbonyl (C=O) groups excluding carboxylic acids is 1. The van der Waals surface area contributed by atoms with Crippen LogP contribution in [-0.2, 0) is 4.79 Å². The van der Waals surface area contributed by atoms with Crippen molar-refractivity contribution in [3.63, 3.8) is 0 Å². The van der Waals surface area contributed by atoms with Crippen molar-refractivity contribution in [3.05, 3.63) is 0 Å². The number of hydrogen-bond donors (Lipinski definition) is 1. The summed E-state index contributed by atoms with van der Waals surface area (Å²) in [6.45, 7) is 2.80. The Hall–Kier alpha value is -0.120. The molecule has 0 aliphatic rings. The van der Waals surface area contributed by atoms with Crippen molar-refractivity contribution in [2.24, 2.45) is 0 Å². The van der Waals surface area contributed by atoms with Gasteiger partial charge in [0.05, 0.1) is 20.5 Å². The molecular formula is C22H46ClNO2. The van der Waals surface area contributed by atoms with Crippen LogP contribution in [0.25, 0.3) is 0 Å². The van der Waals surface area contributed by atoms with Crippen LogP contribution in [0.1, 0.15) is 116 Å². The molecule has 158 valence electrons. The van der Waals surface area contributed by atoms with Crippen molar-refractivity contribution >= 4 is 5.78 Å². The van der Waals surface area contributed by atoms with Crippen LogP contribution in [0.5, 0.6) is 0 Å². The van der Waals surface area contributed by atoms with E-state index < -0.39 is 0 Å². The Morgan fingerprint density at radius 3 is 1.35 bits per heavy atom. The molecule has 3 nitrogen and oxygen atoms in total. The van der Waals surface area contributed by atoms with E-state index in [1.807, 2.05) is 0 Å². The first kappa shape index (κ1) is 28.1. The number of hydroxylamine groups is 3. The Labute approximate surface area is 169 Å². The van der Waals surface area contributed by atoms with Crippen molar-refractivity contribution in [3.8, 4) is 0 Å². The fourth-order valence-corrected chi connectivity index (χ4v) is 3.22. The molecule has 0 heterocycles. The van der Waals surface area contributed by atoms with Gasteiger partial charge in [0.2, 0.25) is 0 Å². The number of quaternary nitrogens is 1. The number of halogens is 1. The van der Waals surface area contributed by atoms with Crippen LogP contribution in [0.15, 0.2) is 0 Å². The van der Waals surface area contributed by atoms with E-state index in [1.165, 1.54) is 89.9 Å². The summed E-state index contributed by atoms with van der Waals surface area (Å²) in [6, 6.07) is 0. The molecule has 0 amide bonds. The fraction of sp³-hybridized carbons (Fsp3) is 0.955. The highest BCUT2D eigenvalue weighted by Crippen LogP contribution is 2.14. The van der Waals surface area contributed by atoms with Crippen LogP contribution in [-0.4, -0.2) is 36.3 Å². The van der Waals surface area contributed by atoms with Crippen LogP contribution in [0, 0.1) is 0 Å². The Kier molecular flexibility index (Phi) is 21.2. The zero-order valence-electron chi connectivity index (χ0n) is 17.9. The molecule has 0 saturated carbocycles. The van der Waals surface area contributed by atoms with Crippen LogP contribution in [0.4, 0.5) is 0 Å². The van der Waals surface area contributed by atoms with Gasteiger partial charge in [0.15, 0.2) is 0 Å². The molecule has 0 aliphatic carbocycles. The molecule has 0 spiro atoms. The summed E-state index contributed by atoms with van der Waals surface area (Å²) in [6.07, 6.45) is 21.5. The van der Waals surface area contributed by atoms with Crippen LogP contribution in [0.2, 0.25) is 0 Å². The van der Waals surface area contributed by atoms with Gasteiger partial charge >= 0.3 is 0 Å². The van der Waals surface area contributed by atoms with Gasteiger partial charge in [-0.05, 0) is 6.42 Å². The summed E-state index contributed by atoms with van der Waals surface area (Å²) in [5.41, 5.74) is 0. The molecule has 0 radical (unpaired) electrons. The monoisotopic (exact) mass is 391 g/mol. The quantitative estimate of drug-likeness (QED) is 0.207. The Morgan fingerprint density at radius 2 is 1.00 bits per heavy atom. The largest absolute Gasteiger partial charge is 1.00 e. The van der Waals surface area contributed by atoms with Crippen molar-refractivity contribution in [1.82, 2.24) is 0 Å². The topological polar surface area (TPSA) is 37.3 Å². The molecule has 0 aromatic rings. The minimum atomic E-state index is -0.107. The molecule has 0 atom stereocenters. The molecule has 0 aromatic carbocycles. The van der Waals surface area contributed by atoms with E-state index in [9.17, 15) is 10.0 Å². The van der Waals surface area contributed by atoms with Gasteiger partial charge in [0.25, 0.3) is 0 Å². The number of Topliss-reactive ketones (excluding diaryl/α,β-unsaturated/α-hetero) is 1. The predicted octanol–water partition coefficient (Wildman–Crippen LogP) is 3.68. The first-order chi connectivity index (χ1) is 12.0. The maximum Gasteiger partial charge on any atom is 0.138 e. The standard InChI is InChI=1S/C22H46NO2.ClH/c1-4-5-6-7-8-9-10-11-12-13-14-15-16-17-18-19-22(24)20-21-23(2,3)25;/h25H,4-21H2,1-3H3;1H/q+1;/p-1. The summed E-state index contributed by atoms with van der Waals surface area (Å²) in [5.74, 6) is 0.301. The molecule has 0 fully saturated rings. The predicted molar refractivity (Wildman–Crippen MR) is 108 cm³/mol. The summed E-state index contributed by atoms with van der Waals surface area (Å²) >= 11 is 0. The maximum absolute atomic E-state index is 11.7. The van der Waals surface area contributed by atoms with Gasteiger partial charge in [-0.25, -0.2) is 5.21 Å². The lowest BCUT2D eigenvalue weighted by molar-refractivity contribution is -1.07. The molecule has 0 rings (SSSR count). The van der Waals surface area contributed by atoms with Crippen molar-refractivity contribution in [2.45, 2.75) is 116 Å². The molecule has 0 bridgehead atoms. The maximum atomic E-state index is 11.7. The second-order valence-corrected chi connectivity index (χ2v) is 8.33. The molecule has 0 aromatic heterocycles. The number of rotatable bonds is 19. The molecule has 1 N–H and O–H groups in total. The van der Waals surface area contributed by atoms with Gasteiger partial charge in [0, 0.05) is 6.42 Å². The van der Waals surface area contributed by atoms with Gasteiger partial charge in [-0.3, -0.25) is 4.79 Å². The average Bonchev–Trinajstić information content (AvgIpc) is 2.56. The van der Waals surface area contributed by atoms with Crippen LogP contribution < -0.4 is 12.4 Å². The van der Waals surface area contributed by atoms with E-state index in [2.05, 4.69) is 6.92 Å². The zero-order valence-corrected chi connectivity index (χ0v) is 18.7. The van der Waals surface area contributed by atoms with Gasteiger partial charge < -0.3 is 12.4 Å². The minimum Gasteiger partial charge on any atom is -1.00 e. The second kappa shape index (κ2) is 19.6. The number of nitrogens with zero attached hydrogens (tertiary/aromatic N) is 1. The van der Waals surface area contributed by atoms with Gasteiger partial charge in [0.1, 0.15) is 12.3 Å². The lowest BCUT2D eigenvalue weighted by Crippen LogP contribution is -3.00. The third-order valence-electron chi connectivity index (χ3n) is 5.00. The Balaban J connectivity index is 0. The van der Waals surface area contributed by atoms with Crippen LogP contribution >= 0.6 is 0 Å².